The zero-order valence-electron chi connectivity index (χ0n) is 17.1. The molecular weight excluding hydrogens is 393 g/mol. The Hall–Kier alpha value is -1.57. The highest BCUT2D eigenvalue weighted by Crippen LogP contribution is 2.40. The van der Waals surface area contributed by atoms with E-state index in [9.17, 15) is 17.9 Å². The highest BCUT2D eigenvalue weighted by Gasteiger charge is 2.38. The van der Waals surface area contributed by atoms with Gasteiger partial charge in [0.1, 0.15) is 11.6 Å². The summed E-state index contributed by atoms with van der Waals surface area (Å²) in [4.78, 5) is 4.29. The number of nitrogens with zero attached hydrogens (tertiary/aromatic N) is 1. The van der Waals surface area contributed by atoms with Crippen molar-refractivity contribution in [1.29, 1.82) is 0 Å². The average Bonchev–Trinajstić information content (AvgIpc) is 2.65. The number of hydrogen-bond acceptors (Lipinski definition) is 5. The molecule has 1 heterocycles. The molecule has 7 heteroatoms. The third kappa shape index (κ3) is 5.96. The van der Waals surface area contributed by atoms with Gasteiger partial charge in [0.05, 0.1) is 17.7 Å². The Morgan fingerprint density at radius 3 is 2.69 bits per heavy atom. The van der Waals surface area contributed by atoms with E-state index in [0.29, 0.717) is 38.0 Å². The lowest BCUT2D eigenvalue weighted by molar-refractivity contribution is 0.0185. The van der Waals surface area contributed by atoms with Gasteiger partial charge in [-0.15, -0.1) is 0 Å². The number of fused-ring (bicyclic) bond motifs is 1. The molecule has 0 spiro atoms. The predicted molar refractivity (Wildman–Crippen MR) is 112 cm³/mol. The van der Waals surface area contributed by atoms with Gasteiger partial charge in [0, 0.05) is 11.6 Å². The maximum atomic E-state index is 13.7. The van der Waals surface area contributed by atoms with E-state index in [0.717, 1.165) is 22.9 Å². The first-order valence-electron chi connectivity index (χ1n) is 10.3. The number of aromatic nitrogens is 1. The first kappa shape index (κ1) is 22.1. The lowest BCUT2D eigenvalue weighted by Gasteiger charge is -2.36. The van der Waals surface area contributed by atoms with Crippen molar-refractivity contribution in [1.82, 2.24) is 4.98 Å². The maximum Gasteiger partial charge on any atom is 0.270 e. The second-order valence-electron chi connectivity index (χ2n) is 8.62. The van der Waals surface area contributed by atoms with Crippen molar-refractivity contribution in [3.8, 4) is 0 Å². The lowest BCUT2D eigenvalue weighted by atomic mass is 9.76. The topological polar surface area (TPSA) is 76.5 Å². The molecule has 1 fully saturated rings. The van der Waals surface area contributed by atoms with Crippen molar-refractivity contribution in [2.75, 3.05) is 12.4 Å². The predicted octanol–water partition coefficient (Wildman–Crippen LogP) is 4.55. The van der Waals surface area contributed by atoms with Gasteiger partial charge in [-0.2, -0.15) is 8.42 Å². The molecule has 0 atom stereocenters. The first-order valence-corrected chi connectivity index (χ1v) is 11.9. The van der Waals surface area contributed by atoms with E-state index in [1.807, 2.05) is 6.07 Å². The molecule has 1 N–H and O–H groups in total. The van der Waals surface area contributed by atoms with Gasteiger partial charge in [0.2, 0.25) is 0 Å². The summed E-state index contributed by atoms with van der Waals surface area (Å²) in [6, 6.07) is 6.45. The summed E-state index contributed by atoms with van der Waals surface area (Å²) in [7, 11) is -3.77. The van der Waals surface area contributed by atoms with E-state index in [1.165, 1.54) is 12.1 Å². The van der Waals surface area contributed by atoms with Crippen LogP contribution in [-0.4, -0.2) is 36.5 Å². The van der Waals surface area contributed by atoms with Crippen molar-refractivity contribution >= 4 is 21.0 Å². The number of halogens is 1. The summed E-state index contributed by atoms with van der Waals surface area (Å²) in [6.07, 6.45) is 5.30. The van der Waals surface area contributed by atoms with E-state index in [-0.39, 0.29) is 24.1 Å². The van der Waals surface area contributed by atoms with Crippen LogP contribution in [0.4, 0.5) is 4.39 Å². The van der Waals surface area contributed by atoms with Crippen LogP contribution in [0.25, 0.3) is 10.9 Å². The van der Waals surface area contributed by atoms with Gasteiger partial charge < -0.3 is 5.11 Å². The van der Waals surface area contributed by atoms with Crippen molar-refractivity contribution < 1.29 is 22.1 Å². The molecule has 160 valence electrons. The van der Waals surface area contributed by atoms with Gasteiger partial charge >= 0.3 is 0 Å². The van der Waals surface area contributed by atoms with Gasteiger partial charge in [-0.3, -0.25) is 9.17 Å². The fourth-order valence-electron chi connectivity index (χ4n) is 4.15. The largest absolute Gasteiger partial charge is 0.389 e. The van der Waals surface area contributed by atoms with E-state index >= 15 is 0 Å². The Balaban J connectivity index is 1.62. The summed E-state index contributed by atoms with van der Waals surface area (Å²) in [6.45, 7) is 4.32. The Bertz CT molecular complexity index is 937. The van der Waals surface area contributed by atoms with Crippen LogP contribution in [-0.2, 0) is 14.3 Å². The summed E-state index contributed by atoms with van der Waals surface area (Å²) in [5, 5.41) is 11.6. The van der Waals surface area contributed by atoms with Crippen LogP contribution in [0.2, 0.25) is 0 Å². The fourth-order valence-corrected chi connectivity index (χ4v) is 5.56. The van der Waals surface area contributed by atoms with E-state index in [4.69, 9.17) is 4.18 Å². The summed E-state index contributed by atoms with van der Waals surface area (Å²) in [5.41, 5.74) is 0.466. The molecular formula is C22H30FNO4S. The molecule has 0 unspecified atom stereocenters. The second kappa shape index (κ2) is 9.06. The standard InChI is InChI=1S/C22H30FNO4S/c1-16(2)4-3-13-28-29(26,27)15-22(25)10-7-17(8-11-22)19-9-12-24-21-6-5-18(23)14-20(19)21/h5-6,9,12,14,16-17,25H,3-4,7-8,10-11,13,15H2,1-2H3. The second-order valence-corrected chi connectivity index (χ2v) is 10.3. The normalized spacial score (nSPS) is 23.0. The van der Waals surface area contributed by atoms with Crippen molar-refractivity contribution in [2.24, 2.45) is 5.92 Å². The first-order chi connectivity index (χ1) is 13.7. The van der Waals surface area contributed by atoms with Crippen LogP contribution in [0, 0.1) is 11.7 Å². The molecule has 0 aliphatic heterocycles. The molecule has 0 bridgehead atoms. The van der Waals surface area contributed by atoms with Crippen LogP contribution in [0.5, 0.6) is 0 Å². The molecule has 1 aliphatic rings. The summed E-state index contributed by atoms with van der Waals surface area (Å²) in [5.74, 6) is -0.0457. The van der Waals surface area contributed by atoms with Crippen LogP contribution < -0.4 is 0 Å². The number of pyridine rings is 1. The lowest BCUT2D eigenvalue weighted by Crippen LogP contribution is -2.41. The van der Waals surface area contributed by atoms with Crippen LogP contribution in [0.1, 0.15) is 63.9 Å². The Kier molecular flexibility index (Phi) is 6.91. The highest BCUT2D eigenvalue weighted by molar-refractivity contribution is 7.86. The third-order valence-corrected chi connectivity index (χ3v) is 7.14. The molecule has 1 aromatic heterocycles. The van der Waals surface area contributed by atoms with Gasteiger partial charge in [0.15, 0.2) is 0 Å². The maximum absolute atomic E-state index is 13.7. The van der Waals surface area contributed by atoms with Gasteiger partial charge in [-0.1, -0.05) is 13.8 Å². The molecule has 1 saturated carbocycles. The van der Waals surface area contributed by atoms with Crippen LogP contribution >= 0.6 is 0 Å². The van der Waals surface area contributed by atoms with Gasteiger partial charge in [0.25, 0.3) is 10.1 Å². The van der Waals surface area contributed by atoms with Crippen molar-refractivity contribution in [3.63, 3.8) is 0 Å². The van der Waals surface area contributed by atoms with Crippen LogP contribution in [0.3, 0.4) is 0 Å². The van der Waals surface area contributed by atoms with E-state index in [2.05, 4.69) is 18.8 Å². The number of aliphatic hydroxyl groups is 1. The number of rotatable bonds is 8. The Morgan fingerprint density at radius 2 is 2.00 bits per heavy atom. The van der Waals surface area contributed by atoms with Gasteiger partial charge in [-0.25, -0.2) is 4.39 Å². The number of benzene rings is 1. The van der Waals surface area contributed by atoms with Crippen molar-refractivity contribution in [2.45, 2.75) is 63.9 Å². The zero-order valence-corrected chi connectivity index (χ0v) is 17.9. The Labute approximate surface area is 172 Å². The van der Waals surface area contributed by atoms with E-state index < -0.39 is 15.7 Å². The monoisotopic (exact) mass is 423 g/mol. The van der Waals surface area contributed by atoms with Crippen LogP contribution in [0.15, 0.2) is 30.5 Å². The molecule has 29 heavy (non-hydrogen) atoms. The molecule has 0 radical (unpaired) electrons. The highest BCUT2D eigenvalue weighted by atomic mass is 32.2. The molecule has 3 rings (SSSR count). The smallest absolute Gasteiger partial charge is 0.270 e. The third-order valence-electron chi connectivity index (χ3n) is 5.73. The summed E-state index contributed by atoms with van der Waals surface area (Å²) >= 11 is 0. The number of hydrogen-bond donors (Lipinski definition) is 1. The van der Waals surface area contributed by atoms with Gasteiger partial charge in [-0.05, 0) is 80.2 Å². The molecule has 0 amide bonds. The van der Waals surface area contributed by atoms with E-state index in [1.54, 1.807) is 12.3 Å². The molecule has 2 aromatic rings. The SMILES string of the molecule is CC(C)CCCOS(=O)(=O)CC1(O)CCC(c2ccnc3ccc(F)cc23)CC1. The molecule has 1 aromatic carbocycles. The minimum Gasteiger partial charge on any atom is -0.389 e. The fraction of sp³-hybridized carbons (Fsp3) is 0.591. The molecule has 5 nitrogen and oxygen atoms in total. The minimum absolute atomic E-state index is 0.136. The Morgan fingerprint density at radius 1 is 1.28 bits per heavy atom. The zero-order chi connectivity index (χ0) is 21.1. The average molecular weight is 424 g/mol. The molecule has 1 aliphatic carbocycles. The summed E-state index contributed by atoms with van der Waals surface area (Å²) < 4.78 is 43.4. The molecule has 0 saturated heterocycles. The quantitative estimate of drug-likeness (QED) is 0.498. The van der Waals surface area contributed by atoms with Crippen molar-refractivity contribution in [3.05, 3.63) is 41.8 Å². The minimum atomic E-state index is -3.77.